The summed E-state index contributed by atoms with van der Waals surface area (Å²) >= 11 is 0. The summed E-state index contributed by atoms with van der Waals surface area (Å²) in [6.45, 7) is 48.6. The quantitative estimate of drug-likeness (QED) is 0.0931. The van der Waals surface area contributed by atoms with Crippen molar-refractivity contribution in [1.29, 1.82) is 0 Å². The van der Waals surface area contributed by atoms with Gasteiger partial charge in [0.05, 0.1) is 39.6 Å². The lowest BCUT2D eigenvalue weighted by Crippen LogP contribution is -2.52. The van der Waals surface area contributed by atoms with Crippen molar-refractivity contribution in [3.05, 3.63) is 156 Å². The fourth-order valence-corrected chi connectivity index (χ4v) is 12.8. The van der Waals surface area contributed by atoms with Gasteiger partial charge in [-0.2, -0.15) is 27.0 Å². The van der Waals surface area contributed by atoms with Gasteiger partial charge in [0.2, 0.25) is 11.8 Å². The number of esters is 1. The van der Waals surface area contributed by atoms with E-state index in [-0.39, 0.29) is 114 Å². The molecule has 2 atom stereocenters. The summed E-state index contributed by atoms with van der Waals surface area (Å²) in [6.07, 6.45) is 11.0. The summed E-state index contributed by atoms with van der Waals surface area (Å²) in [5.74, 6) is 1.21. The molecule has 10 heterocycles. The lowest BCUT2D eigenvalue weighted by molar-refractivity contribution is -0.148. The van der Waals surface area contributed by atoms with Crippen molar-refractivity contribution in [3.8, 4) is 0 Å². The number of ether oxygens (including phenoxy) is 3. The van der Waals surface area contributed by atoms with Gasteiger partial charge in [-0.05, 0) is 91.8 Å². The van der Waals surface area contributed by atoms with Crippen LogP contribution < -0.4 is 11.1 Å². The number of aromatic nitrogens is 7. The Morgan fingerprint density at radius 2 is 0.936 bits per heavy atom. The van der Waals surface area contributed by atoms with Crippen LogP contribution >= 0.6 is 27.0 Å². The van der Waals surface area contributed by atoms with Crippen molar-refractivity contribution in [2.45, 2.75) is 269 Å². The van der Waals surface area contributed by atoms with Crippen LogP contribution in [0.4, 0.5) is 9.59 Å². The van der Waals surface area contributed by atoms with Gasteiger partial charge in [0.15, 0.2) is 18.1 Å². The summed E-state index contributed by atoms with van der Waals surface area (Å²) in [7, 11) is 2.66. The van der Waals surface area contributed by atoms with E-state index in [1.165, 1.54) is 44.7 Å². The Labute approximate surface area is 660 Å². The van der Waals surface area contributed by atoms with Crippen molar-refractivity contribution < 1.29 is 51.8 Å². The monoisotopic (exact) mass is 1540 g/mol. The zero-order valence-corrected chi connectivity index (χ0v) is 71.2. The second-order valence-electron chi connectivity index (χ2n) is 34.5. The molecule has 0 unspecified atom stereocenters. The first-order valence-corrected chi connectivity index (χ1v) is 37.8. The van der Waals surface area contributed by atoms with Crippen molar-refractivity contribution in [2.75, 3.05) is 46.9 Å². The predicted molar refractivity (Wildman–Crippen MR) is 431 cm³/mol. The number of hydrogen-bond donors (Lipinski definition) is 1. The number of carbonyl (C=O) groups excluding carboxylic acids is 6. The Hall–Kier alpha value is -8.10. The minimum atomic E-state index is -0.795. The van der Waals surface area contributed by atoms with Gasteiger partial charge in [-0.25, -0.2) is 34.3 Å². The minimum Gasteiger partial charge on any atom is -0.469 e. The molecule has 0 bridgehead atoms. The zero-order valence-electron chi connectivity index (χ0n) is 69.2. The second-order valence-corrected chi connectivity index (χ2v) is 34.5. The van der Waals surface area contributed by atoms with Gasteiger partial charge in [-0.1, -0.05) is 150 Å². The third-order valence-corrected chi connectivity index (χ3v) is 19.5. The minimum absolute atomic E-state index is 0. The highest BCUT2D eigenvalue weighted by molar-refractivity contribution is 7.59. The lowest BCUT2D eigenvalue weighted by Gasteiger charge is -2.33. The average Bonchev–Trinajstić information content (AvgIpc) is 1.17. The first kappa shape index (κ1) is 91.5. The Bertz CT molecular complexity index is 4040. The molecule has 5 aliphatic rings. The summed E-state index contributed by atoms with van der Waals surface area (Å²) in [6, 6.07) is 11.7. The zero-order chi connectivity index (χ0) is 79.3. The van der Waals surface area contributed by atoms with E-state index < -0.39 is 24.1 Å². The molecule has 4 aliphatic heterocycles. The molecule has 6 aromatic heterocycles. The predicted octanol–water partition coefficient (Wildman–Crippen LogP) is 13.3. The lowest BCUT2D eigenvalue weighted by atomic mass is 9.89. The van der Waals surface area contributed by atoms with Crippen LogP contribution in [0, 0.1) is 24.7 Å². The maximum absolute atomic E-state index is 12.9. The number of ketones is 1. The van der Waals surface area contributed by atoms with E-state index >= 15 is 0 Å². The molecule has 4 amide bonds. The molecule has 109 heavy (non-hydrogen) atoms. The maximum Gasteiger partial charge on any atom is 0.519 e. The fraction of sp³-hybridized carbons (Fsp3) is 0.614. The number of aryl methyl sites for hydroxylation is 3. The van der Waals surface area contributed by atoms with E-state index in [9.17, 15) is 33.6 Å². The number of amides is 4. The number of nitrogens with one attached hydrogen (secondary N) is 1. The first-order valence-electron chi connectivity index (χ1n) is 37.8. The molecule has 11 rings (SSSR count). The Kier molecular flexibility index (Phi) is 32.9. The Balaban J connectivity index is 0.000000246. The van der Waals surface area contributed by atoms with Crippen molar-refractivity contribution in [2.24, 2.45) is 17.8 Å². The summed E-state index contributed by atoms with van der Waals surface area (Å²) < 4.78 is 24.2. The number of methoxy groups -OCH3 is 2. The molecular formula is C83H124N12O12S2. The molecule has 0 saturated heterocycles. The summed E-state index contributed by atoms with van der Waals surface area (Å²) in [4.78, 5) is 123. The van der Waals surface area contributed by atoms with Crippen molar-refractivity contribution in [1.82, 2.24) is 59.8 Å². The van der Waals surface area contributed by atoms with Crippen LogP contribution in [0.5, 0.6) is 0 Å². The number of nitrogens with zero attached hydrogens (tertiary/aromatic N) is 11. The Morgan fingerprint density at radius 3 is 1.36 bits per heavy atom. The van der Waals surface area contributed by atoms with Gasteiger partial charge in [0.25, 0.3) is 0 Å². The largest absolute Gasteiger partial charge is 0.519 e. The van der Waals surface area contributed by atoms with Crippen molar-refractivity contribution >= 4 is 62.7 Å². The normalized spacial score (nSPS) is 15.3. The van der Waals surface area contributed by atoms with E-state index in [1.807, 2.05) is 63.2 Å². The maximum atomic E-state index is 12.9. The van der Waals surface area contributed by atoms with Crippen molar-refractivity contribution in [3.63, 3.8) is 0 Å². The molecule has 600 valence electrons. The molecule has 0 aromatic carbocycles. The van der Waals surface area contributed by atoms with Crippen LogP contribution in [0.15, 0.2) is 62.4 Å². The molecule has 0 fully saturated rings. The number of fused-ring (bicyclic) bond motifs is 5. The molecule has 1 N–H and O–H groups in total. The van der Waals surface area contributed by atoms with E-state index in [0.717, 1.165) is 113 Å². The molecule has 1 aliphatic carbocycles. The molecule has 26 heteroatoms. The number of rotatable bonds is 11. The van der Waals surface area contributed by atoms with Crippen LogP contribution in [0.1, 0.15) is 254 Å². The topological polar surface area (TPSA) is 289 Å². The average molecular weight is 1550 g/mol. The van der Waals surface area contributed by atoms with E-state index in [2.05, 4.69) is 157 Å². The van der Waals surface area contributed by atoms with Gasteiger partial charge < -0.3 is 43.1 Å². The van der Waals surface area contributed by atoms with Gasteiger partial charge in [0.1, 0.15) is 23.5 Å². The van der Waals surface area contributed by atoms with Crippen LogP contribution in [0.3, 0.4) is 0 Å². The van der Waals surface area contributed by atoms with E-state index in [0.29, 0.717) is 58.0 Å². The van der Waals surface area contributed by atoms with Crippen LogP contribution in [0.25, 0.3) is 0 Å². The SMILES string of the molecule is CC(=O)CN1CCc2nc(C(C)(C)C)ncc2C1.CC(C)(C)c1ncc2c(n1)CCCC2.COC(=O)C[C@H](C(=O)N1CCc2nc(C(C)(C)C)ccc2C1)C(C)C.COC(=O)N[C@H](C(=O)N1CCc2nc(C(C)(C)C)ccc2C1)C(C)C.Cc1oc(=O)oc1COC(=O)N1CCc2nc(C(C)(C)C)ccc2C1.S.S. The van der Waals surface area contributed by atoms with Crippen LogP contribution in [0.2, 0.25) is 0 Å². The highest BCUT2D eigenvalue weighted by Crippen LogP contribution is 2.31. The standard InChI is InChI=1S/C20H30N2O3.C19H29N3O3.C18H22N2O5.C14H21N3O.C12H18N2.2H2S/c1-13(2)15(11-18(23)25-6)19(24)22-10-9-16-14(12-22)7-8-17(21-16)20(3,4)5;1-12(2)16(21-18(24)25-6)17(23)22-10-9-14-13(11-22)7-8-15(20-14)19(3,4)5;1-11-14(25-17(22)24-11)10-23-16(21)20-8-7-13-12(9-20)5-6-15(19-13)18(2,3)4;1-10(18)8-17-6-5-12-11(9-17)7-15-13(16-12)14(2,3)4;1-12(2,3)11-13-8-9-6-4-5-7-10(9)14-11;;/h7-8,13,15H,9-12H2,1-6H3;7-8,12,16H,9-11H2,1-6H3,(H,21,24);5-6H,7-10H2,1-4H3;7H,5-6,8-9H2,1-4H3;8H,4-7H2,1-3H3;2*1H2/t15-;16-;;;;;/m00...../s1. The number of hydrogen-bond acceptors (Lipinski definition) is 20. The van der Waals surface area contributed by atoms with Crippen LogP contribution in [-0.4, -0.2) is 143 Å². The van der Waals surface area contributed by atoms with E-state index in [1.54, 1.807) is 23.6 Å². The molecular weight excluding hydrogens is 1420 g/mol. The van der Waals surface area contributed by atoms with Gasteiger partial charge in [0, 0.05) is 162 Å². The number of Topliss-reactive ketones (excluding diaryl/α,β-unsaturated/α-hetero) is 1. The fourth-order valence-electron chi connectivity index (χ4n) is 12.8. The molecule has 0 radical (unpaired) electrons. The molecule has 0 spiro atoms. The summed E-state index contributed by atoms with van der Waals surface area (Å²) in [5.41, 5.74) is 14.7. The van der Waals surface area contributed by atoms with Gasteiger partial charge in [-0.3, -0.25) is 39.0 Å². The third-order valence-electron chi connectivity index (χ3n) is 19.5. The summed E-state index contributed by atoms with van der Waals surface area (Å²) in [5, 5.41) is 2.65. The number of pyridine rings is 3. The van der Waals surface area contributed by atoms with E-state index in [4.69, 9.17) is 33.3 Å². The van der Waals surface area contributed by atoms with Gasteiger partial charge in [-0.15, -0.1) is 0 Å². The highest BCUT2D eigenvalue weighted by atomic mass is 32.1. The van der Waals surface area contributed by atoms with Gasteiger partial charge >= 0.3 is 24.0 Å². The first-order chi connectivity index (χ1) is 49.9. The second kappa shape index (κ2) is 39.2. The Morgan fingerprint density at radius 1 is 0.505 bits per heavy atom. The smallest absolute Gasteiger partial charge is 0.469 e. The molecule has 24 nitrogen and oxygen atoms in total. The van der Waals surface area contributed by atoms with Crippen LogP contribution in [-0.2, 0) is 132 Å². The molecule has 0 saturated carbocycles. The number of alkyl carbamates (subject to hydrolysis) is 1. The molecule has 6 aromatic rings. The number of carbonyl (C=O) groups is 6. The third kappa shape index (κ3) is 26.3. The highest BCUT2D eigenvalue weighted by Gasteiger charge is 2.35.